The summed E-state index contributed by atoms with van der Waals surface area (Å²) in [7, 11) is 1.32. The number of ether oxygens (including phenoxy) is 1. The van der Waals surface area contributed by atoms with Gasteiger partial charge >= 0.3 is 5.97 Å². The summed E-state index contributed by atoms with van der Waals surface area (Å²) in [4.78, 5) is 11.5. The molecule has 0 radical (unpaired) electrons. The zero-order valence-corrected chi connectivity index (χ0v) is 11.3. The van der Waals surface area contributed by atoms with Crippen LogP contribution in [-0.2, 0) is 4.74 Å². The molecule has 0 saturated carbocycles. The first-order valence-corrected chi connectivity index (χ1v) is 5.71. The highest BCUT2D eigenvalue weighted by atomic mass is 79.9. The third-order valence-corrected chi connectivity index (χ3v) is 2.61. The Balaban J connectivity index is 3.07. The Labute approximate surface area is 112 Å². The maximum Gasteiger partial charge on any atom is 0.338 e. The SMILES string of the molecule is COC(=O)c1cccc(Br)c1C=NNC(N)=S. The number of nitrogens with zero attached hydrogens (tertiary/aromatic N) is 1. The maximum absolute atomic E-state index is 11.5. The summed E-state index contributed by atoms with van der Waals surface area (Å²) in [5.41, 5.74) is 8.62. The Morgan fingerprint density at radius 3 is 2.94 bits per heavy atom. The molecule has 0 amide bonds. The van der Waals surface area contributed by atoms with Crippen LogP contribution in [-0.4, -0.2) is 24.4 Å². The molecule has 0 unspecified atom stereocenters. The minimum Gasteiger partial charge on any atom is -0.465 e. The molecule has 3 N–H and O–H groups in total. The number of hydrogen-bond donors (Lipinski definition) is 2. The largest absolute Gasteiger partial charge is 0.465 e. The molecule has 0 aromatic heterocycles. The number of rotatable bonds is 3. The number of halogens is 1. The van der Waals surface area contributed by atoms with E-state index in [2.05, 4.69) is 43.4 Å². The van der Waals surface area contributed by atoms with Gasteiger partial charge in [0, 0.05) is 10.0 Å². The number of methoxy groups -OCH3 is 1. The molecule has 1 rings (SSSR count). The lowest BCUT2D eigenvalue weighted by Gasteiger charge is -2.05. The molecule has 0 spiro atoms. The van der Waals surface area contributed by atoms with Crippen molar-refractivity contribution in [2.24, 2.45) is 10.8 Å². The summed E-state index contributed by atoms with van der Waals surface area (Å²) in [6.07, 6.45) is 1.44. The zero-order chi connectivity index (χ0) is 12.8. The summed E-state index contributed by atoms with van der Waals surface area (Å²) in [5, 5.41) is 3.85. The van der Waals surface area contributed by atoms with Crippen LogP contribution in [0.3, 0.4) is 0 Å². The normalized spacial score (nSPS) is 10.2. The molecule has 0 aliphatic heterocycles. The second-order valence-corrected chi connectivity index (χ2v) is 4.22. The highest BCUT2D eigenvalue weighted by Gasteiger charge is 2.12. The smallest absolute Gasteiger partial charge is 0.338 e. The summed E-state index contributed by atoms with van der Waals surface area (Å²) >= 11 is 7.92. The van der Waals surface area contributed by atoms with E-state index in [-0.39, 0.29) is 5.11 Å². The van der Waals surface area contributed by atoms with Crippen LogP contribution in [0.5, 0.6) is 0 Å². The molecule has 0 aliphatic rings. The molecule has 0 aliphatic carbocycles. The van der Waals surface area contributed by atoms with Gasteiger partial charge in [-0.25, -0.2) is 4.79 Å². The third-order valence-electron chi connectivity index (χ3n) is 1.83. The van der Waals surface area contributed by atoms with Gasteiger partial charge in [0.15, 0.2) is 5.11 Å². The fourth-order valence-corrected chi connectivity index (χ4v) is 1.64. The molecule has 1 aromatic rings. The van der Waals surface area contributed by atoms with Crippen LogP contribution in [0.1, 0.15) is 15.9 Å². The van der Waals surface area contributed by atoms with Crippen molar-refractivity contribution in [3.05, 3.63) is 33.8 Å². The fraction of sp³-hybridized carbons (Fsp3) is 0.100. The van der Waals surface area contributed by atoms with Crippen LogP contribution in [0.2, 0.25) is 0 Å². The summed E-state index contributed by atoms with van der Waals surface area (Å²) in [5.74, 6) is -0.442. The molecule has 90 valence electrons. The molecule has 1 aromatic carbocycles. The summed E-state index contributed by atoms with van der Waals surface area (Å²) in [6.45, 7) is 0. The van der Waals surface area contributed by atoms with Crippen LogP contribution in [0.25, 0.3) is 0 Å². The Morgan fingerprint density at radius 2 is 2.35 bits per heavy atom. The predicted molar refractivity (Wildman–Crippen MR) is 73.0 cm³/mol. The van der Waals surface area contributed by atoms with Crippen molar-refractivity contribution in [2.75, 3.05) is 7.11 Å². The molecule has 7 heteroatoms. The predicted octanol–water partition coefficient (Wildman–Crippen LogP) is 1.40. The average molecular weight is 316 g/mol. The van der Waals surface area contributed by atoms with Gasteiger partial charge in [0.05, 0.1) is 18.9 Å². The lowest BCUT2D eigenvalue weighted by Crippen LogP contribution is -2.24. The highest BCUT2D eigenvalue weighted by Crippen LogP contribution is 2.19. The van der Waals surface area contributed by atoms with Gasteiger partial charge in [0.1, 0.15) is 0 Å². The Hall–Kier alpha value is -1.47. The number of esters is 1. The van der Waals surface area contributed by atoms with E-state index in [1.165, 1.54) is 13.3 Å². The number of nitrogens with one attached hydrogen (secondary N) is 1. The van der Waals surface area contributed by atoms with Gasteiger partial charge in [-0.1, -0.05) is 22.0 Å². The molecular weight excluding hydrogens is 306 g/mol. The number of hydrogen-bond acceptors (Lipinski definition) is 4. The second-order valence-electron chi connectivity index (χ2n) is 2.93. The molecular formula is C10H10BrN3O2S. The Morgan fingerprint density at radius 1 is 1.65 bits per heavy atom. The molecule has 17 heavy (non-hydrogen) atoms. The maximum atomic E-state index is 11.5. The van der Waals surface area contributed by atoms with E-state index in [0.717, 1.165) is 0 Å². The lowest BCUT2D eigenvalue weighted by atomic mass is 10.1. The molecule has 5 nitrogen and oxygen atoms in total. The van der Waals surface area contributed by atoms with Crippen LogP contribution in [0.4, 0.5) is 0 Å². The van der Waals surface area contributed by atoms with E-state index < -0.39 is 5.97 Å². The van der Waals surface area contributed by atoms with Crippen molar-refractivity contribution < 1.29 is 9.53 Å². The van der Waals surface area contributed by atoms with E-state index in [1.807, 2.05) is 0 Å². The van der Waals surface area contributed by atoms with Gasteiger partial charge in [0.2, 0.25) is 0 Å². The summed E-state index contributed by atoms with van der Waals surface area (Å²) < 4.78 is 5.38. The van der Waals surface area contributed by atoms with Crippen molar-refractivity contribution in [2.45, 2.75) is 0 Å². The lowest BCUT2D eigenvalue weighted by molar-refractivity contribution is 0.0600. The first-order chi connectivity index (χ1) is 8.06. The fourth-order valence-electron chi connectivity index (χ4n) is 1.12. The standard InChI is InChI=1S/C10H10BrN3O2S/c1-16-9(15)6-3-2-4-8(11)7(6)5-13-14-10(12)17/h2-5H,1H3,(H3,12,14,17). The third kappa shape index (κ3) is 3.79. The molecule has 0 heterocycles. The van der Waals surface area contributed by atoms with Crippen LogP contribution < -0.4 is 11.2 Å². The van der Waals surface area contributed by atoms with Gasteiger partial charge in [-0.15, -0.1) is 0 Å². The van der Waals surface area contributed by atoms with Gasteiger partial charge in [0.25, 0.3) is 0 Å². The van der Waals surface area contributed by atoms with Crippen LogP contribution >= 0.6 is 28.1 Å². The minimum atomic E-state index is -0.442. The Bertz CT molecular complexity index is 477. The second kappa shape index (κ2) is 6.31. The van der Waals surface area contributed by atoms with Gasteiger partial charge in [-0.05, 0) is 24.4 Å². The summed E-state index contributed by atoms with van der Waals surface area (Å²) in [6, 6.07) is 5.15. The Kier molecular flexibility index (Phi) is 5.05. The van der Waals surface area contributed by atoms with Crippen molar-refractivity contribution in [3.63, 3.8) is 0 Å². The van der Waals surface area contributed by atoms with Gasteiger partial charge < -0.3 is 10.5 Å². The van der Waals surface area contributed by atoms with Crippen molar-refractivity contribution in [1.29, 1.82) is 0 Å². The van der Waals surface area contributed by atoms with E-state index in [9.17, 15) is 4.79 Å². The van der Waals surface area contributed by atoms with E-state index in [1.54, 1.807) is 18.2 Å². The van der Waals surface area contributed by atoms with Gasteiger partial charge in [-0.2, -0.15) is 5.10 Å². The number of nitrogens with two attached hydrogens (primary N) is 1. The molecule has 0 saturated heterocycles. The molecule has 0 fully saturated rings. The number of hydrazone groups is 1. The minimum absolute atomic E-state index is 0.0490. The first-order valence-electron chi connectivity index (χ1n) is 4.51. The number of carbonyl (C=O) groups excluding carboxylic acids is 1. The topological polar surface area (TPSA) is 76.7 Å². The average Bonchev–Trinajstić information content (AvgIpc) is 2.29. The van der Waals surface area contributed by atoms with Crippen molar-refractivity contribution in [1.82, 2.24) is 5.43 Å². The number of benzene rings is 1. The monoisotopic (exact) mass is 315 g/mol. The number of carbonyl (C=O) groups is 1. The zero-order valence-electron chi connectivity index (χ0n) is 8.94. The van der Waals surface area contributed by atoms with Crippen molar-refractivity contribution in [3.8, 4) is 0 Å². The highest BCUT2D eigenvalue weighted by molar-refractivity contribution is 9.10. The quantitative estimate of drug-likeness (QED) is 0.381. The molecule has 0 bridgehead atoms. The van der Waals surface area contributed by atoms with Crippen LogP contribution in [0.15, 0.2) is 27.8 Å². The van der Waals surface area contributed by atoms with Crippen molar-refractivity contribution >= 4 is 45.4 Å². The number of thiocarbonyl (C=S) groups is 1. The van der Waals surface area contributed by atoms with Crippen LogP contribution in [0, 0.1) is 0 Å². The first kappa shape index (κ1) is 13.6. The van der Waals surface area contributed by atoms with E-state index in [0.29, 0.717) is 15.6 Å². The van der Waals surface area contributed by atoms with Gasteiger partial charge in [-0.3, -0.25) is 5.43 Å². The van der Waals surface area contributed by atoms with E-state index >= 15 is 0 Å². The molecule has 0 atom stereocenters. The van der Waals surface area contributed by atoms with E-state index in [4.69, 9.17) is 5.73 Å².